The molecule has 0 atom stereocenters. The van der Waals surface area contributed by atoms with Gasteiger partial charge in [-0.1, -0.05) is 18.2 Å². The average molecular weight is 299 g/mol. The number of carbonyl (C=O) groups is 1. The van der Waals surface area contributed by atoms with Crippen molar-refractivity contribution in [2.45, 2.75) is 20.8 Å². The third kappa shape index (κ3) is 3.91. The summed E-state index contributed by atoms with van der Waals surface area (Å²) in [7, 11) is 0. The van der Waals surface area contributed by atoms with E-state index in [1.54, 1.807) is 6.07 Å². The molecule has 0 unspecified atom stereocenters. The summed E-state index contributed by atoms with van der Waals surface area (Å²) < 4.78 is 5.57. The molecular weight excluding hydrogens is 278 g/mol. The molecule has 0 aliphatic heterocycles. The van der Waals surface area contributed by atoms with Crippen molar-refractivity contribution in [2.24, 2.45) is 0 Å². The lowest BCUT2D eigenvalue weighted by molar-refractivity contribution is 0.234. The molecule has 0 bridgehead atoms. The first-order valence-corrected chi connectivity index (χ1v) is 7.07. The van der Waals surface area contributed by atoms with E-state index in [1.165, 1.54) is 0 Å². The van der Waals surface area contributed by atoms with Gasteiger partial charge in [0.05, 0.1) is 11.4 Å². The quantitative estimate of drug-likeness (QED) is 0.598. The molecule has 0 saturated carbocycles. The van der Waals surface area contributed by atoms with Gasteiger partial charge in [-0.05, 0) is 55.7 Å². The monoisotopic (exact) mass is 299 g/mol. The van der Waals surface area contributed by atoms with Gasteiger partial charge in [-0.3, -0.25) is 0 Å². The first-order valence-electron chi connectivity index (χ1n) is 7.07. The molecule has 0 aromatic heterocycles. The Balaban J connectivity index is 1.87. The standard InChI is InChI=1S/C17H21N3O2/c1-11-7-8-15(14(18)9-11)20-17(21)19-10-22-16-6-4-5-12(2)13(16)3/h4-9H,10,18H2,1-3H3,(H2,19,20,21). The fourth-order valence-electron chi connectivity index (χ4n) is 2.02. The first-order chi connectivity index (χ1) is 10.5. The molecule has 0 aliphatic rings. The number of carbonyl (C=O) groups excluding carboxylic acids is 1. The molecule has 2 rings (SSSR count). The normalized spacial score (nSPS) is 10.1. The molecule has 2 aromatic rings. The summed E-state index contributed by atoms with van der Waals surface area (Å²) in [5, 5.41) is 5.33. The molecule has 0 aliphatic carbocycles. The van der Waals surface area contributed by atoms with Gasteiger partial charge in [-0.15, -0.1) is 0 Å². The van der Waals surface area contributed by atoms with Crippen LogP contribution in [-0.2, 0) is 0 Å². The van der Waals surface area contributed by atoms with Crippen LogP contribution in [0.3, 0.4) is 0 Å². The lowest BCUT2D eigenvalue weighted by atomic mass is 10.1. The van der Waals surface area contributed by atoms with Crippen LogP contribution in [0.15, 0.2) is 36.4 Å². The number of nitrogens with two attached hydrogens (primary N) is 1. The van der Waals surface area contributed by atoms with Crippen molar-refractivity contribution in [3.8, 4) is 5.75 Å². The molecule has 0 spiro atoms. The van der Waals surface area contributed by atoms with Crippen LogP contribution < -0.4 is 21.1 Å². The third-order valence-corrected chi connectivity index (χ3v) is 3.47. The molecule has 0 saturated heterocycles. The van der Waals surface area contributed by atoms with E-state index in [0.29, 0.717) is 11.4 Å². The van der Waals surface area contributed by atoms with Crippen molar-refractivity contribution < 1.29 is 9.53 Å². The number of anilines is 2. The van der Waals surface area contributed by atoms with Crippen LogP contribution in [0.25, 0.3) is 0 Å². The van der Waals surface area contributed by atoms with Crippen molar-refractivity contribution in [3.63, 3.8) is 0 Å². The maximum Gasteiger partial charge on any atom is 0.321 e. The van der Waals surface area contributed by atoms with Gasteiger partial charge in [0.1, 0.15) is 5.75 Å². The topological polar surface area (TPSA) is 76.4 Å². The highest BCUT2D eigenvalue weighted by Crippen LogP contribution is 2.20. The molecule has 5 nitrogen and oxygen atoms in total. The fraction of sp³-hybridized carbons (Fsp3) is 0.235. The maximum absolute atomic E-state index is 11.8. The summed E-state index contributed by atoms with van der Waals surface area (Å²) in [6, 6.07) is 10.9. The van der Waals surface area contributed by atoms with Crippen molar-refractivity contribution >= 4 is 17.4 Å². The number of amides is 2. The minimum atomic E-state index is -0.360. The number of nitrogen functional groups attached to an aromatic ring is 1. The summed E-state index contributed by atoms with van der Waals surface area (Å²) in [5.41, 5.74) is 10.2. The highest BCUT2D eigenvalue weighted by Gasteiger charge is 2.06. The van der Waals surface area contributed by atoms with Crippen molar-refractivity contribution in [1.29, 1.82) is 0 Å². The van der Waals surface area contributed by atoms with Gasteiger partial charge in [0.25, 0.3) is 0 Å². The minimum Gasteiger partial charge on any atom is -0.473 e. The lowest BCUT2D eigenvalue weighted by Crippen LogP contribution is -2.32. The highest BCUT2D eigenvalue weighted by molar-refractivity contribution is 5.92. The Labute approximate surface area is 130 Å². The third-order valence-electron chi connectivity index (χ3n) is 3.47. The second-order valence-electron chi connectivity index (χ2n) is 5.21. The van der Waals surface area contributed by atoms with Crippen molar-refractivity contribution in [2.75, 3.05) is 17.8 Å². The molecule has 0 radical (unpaired) electrons. The number of hydrogen-bond donors (Lipinski definition) is 3. The summed E-state index contributed by atoms with van der Waals surface area (Å²) in [6.07, 6.45) is 0. The molecule has 116 valence electrons. The predicted molar refractivity (Wildman–Crippen MR) is 89.2 cm³/mol. The fourth-order valence-corrected chi connectivity index (χ4v) is 2.02. The Bertz CT molecular complexity index is 684. The van der Waals surface area contributed by atoms with Crippen LogP contribution in [-0.4, -0.2) is 12.8 Å². The number of hydrogen-bond acceptors (Lipinski definition) is 3. The van der Waals surface area contributed by atoms with Crippen molar-refractivity contribution in [3.05, 3.63) is 53.1 Å². The van der Waals surface area contributed by atoms with Gasteiger partial charge in [-0.2, -0.15) is 0 Å². The Morgan fingerprint density at radius 2 is 1.95 bits per heavy atom. The SMILES string of the molecule is Cc1ccc(NC(=O)NCOc2cccc(C)c2C)c(N)c1. The van der Waals surface area contributed by atoms with Crippen LogP contribution in [0.2, 0.25) is 0 Å². The molecule has 22 heavy (non-hydrogen) atoms. The van der Waals surface area contributed by atoms with E-state index >= 15 is 0 Å². The molecule has 4 N–H and O–H groups in total. The number of nitrogens with one attached hydrogen (secondary N) is 2. The molecule has 2 amide bonds. The van der Waals surface area contributed by atoms with Gasteiger partial charge in [0.2, 0.25) is 0 Å². The number of aryl methyl sites for hydroxylation is 2. The highest BCUT2D eigenvalue weighted by atomic mass is 16.5. The minimum absolute atomic E-state index is 0.0852. The molecule has 2 aromatic carbocycles. The second kappa shape index (κ2) is 6.85. The largest absolute Gasteiger partial charge is 0.473 e. The summed E-state index contributed by atoms with van der Waals surface area (Å²) in [4.78, 5) is 11.8. The number of urea groups is 1. The van der Waals surface area contributed by atoms with Crippen LogP contribution in [0.4, 0.5) is 16.2 Å². The molecule has 5 heteroatoms. The van der Waals surface area contributed by atoms with E-state index in [4.69, 9.17) is 10.5 Å². The van der Waals surface area contributed by atoms with E-state index in [9.17, 15) is 4.79 Å². The number of benzene rings is 2. The van der Waals surface area contributed by atoms with Gasteiger partial charge < -0.3 is 21.1 Å². The van der Waals surface area contributed by atoms with Gasteiger partial charge in [0.15, 0.2) is 6.73 Å². The Morgan fingerprint density at radius 1 is 1.18 bits per heavy atom. The summed E-state index contributed by atoms with van der Waals surface area (Å²) in [6.45, 7) is 6.03. The Morgan fingerprint density at radius 3 is 2.68 bits per heavy atom. The van der Waals surface area contributed by atoms with Gasteiger partial charge >= 0.3 is 6.03 Å². The second-order valence-corrected chi connectivity index (χ2v) is 5.21. The summed E-state index contributed by atoms with van der Waals surface area (Å²) >= 11 is 0. The smallest absolute Gasteiger partial charge is 0.321 e. The first kappa shape index (κ1) is 15.7. The molecule has 0 heterocycles. The average Bonchev–Trinajstić information content (AvgIpc) is 2.46. The number of rotatable bonds is 4. The zero-order valence-corrected chi connectivity index (χ0v) is 13.1. The molecule has 0 fully saturated rings. The van der Waals surface area contributed by atoms with E-state index in [0.717, 1.165) is 22.4 Å². The van der Waals surface area contributed by atoms with Crippen LogP contribution in [0.5, 0.6) is 5.75 Å². The van der Waals surface area contributed by atoms with E-state index in [1.807, 2.05) is 51.1 Å². The zero-order valence-electron chi connectivity index (χ0n) is 13.1. The Kier molecular flexibility index (Phi) is 4.88. The number of ether oxygens (including phenoxy) is 1. The van der Waals surface area contributed by atoms with Crippen LogP contribution >= 0.6 is 0 Å². The van der Waals surface area contributed by atoms with Crippen molar-refractivity contribution in [1.82, 2.24) is 5.32 Å². The van der Waals surface area contributed by atoms with E-state index < -0.39 is 0 Å². The van der Waals surface area contributed by atoms with Crippen LogP contribution in [0, 0.1) is 20.8 Å². The zero-order chi connectivity index (χ0) is 16.1. The molecular formula is C17H21N3O2. The van der Waals surface area contributed by atoms with Crippen LogP contribution in [0.1, 0.15) is 16.7 Å². The summed E-state index contributed by atoms with van der Waals surface area (Å²) in [5.74, 6) is 0.759. The Hall–Kier alpha value is -2.69. The van der Waals surface area contributed by atoms with Gasteiger partial charge in [0, 0.05) is 0 Å². The maximum atomic E-state index is 11.8. The lowest BCUT2D eigenvalue weighted by Gasteiger charge is -2.13. The predicted octanol–water partition coefficient (Wildman–Crippen LogP) is 3.35. The van der Waals surface area contributed by atoms with Gasteiger partial charge in [-0.25, -0.2) is 4.79 Å². The van der Waals surface area contributed by atoms with E-state index in [-0.39, 0.29) is 12.8 Å². The van der Waals surface area contributed by atoms with E-state index in [2.05, 4.69) is 10.6 Å².